The lowest BCUT2D eigenvalue weighted by atomic mass is 9.84. The summed E-state index contributed by atoms with van der Waals surface area (Å²) < 4.78 is 0. The molecule has 0 N–H and O–H groups in total. The predicted molar refractivity (Wildman–Crippen MR) is 112 cm³/mol. The van der Waals surface area contributed by atoms with Crippen LogP contribution in [0.25, 0.3) is 0 Å². The smallest absolute Gasteiger partial charge is 0.0206 e. The highest BCUT2D eigenvalue weighted by molar-refractivity contribution is 5.08. The molecule has 0 aromatic carbocycles. The molecule has 2 atom stereocenters. The van der Waals surface area contributed by atoms with Gasteiger partial charge in [-0.3, -0.25) is 0 Å². The Balaban J connectivity index is -0.000000333. The Morgan fingerprint density at radius 1 is 0.522 bits per heavy atom. The van der Waals surface area contributed by atoms with Crippen LogP contribution in [-0.4, -0.2) is 0 Å². The Bertz CT molecular complexity index is 292. The van der Waals surface area contributed by atoms with E-state index in [1.165, 1.54) is 0 Å². The van der Waals surface area contributed by atoms with E-state index < -0.39 is 0 Å². The van der Waals surface area contributed by atoms with Gasteiger partial charge in [-0.15, -0.1) is 0 Å². The zero-order valence-electron chi connectivity index (χ0n) is 17.6. The van der Waals surface area contributed by atoms with E-state index in [4.69, 9.17) is 0 Å². The Morgan fingerprint density at radius 2 is 0.739 bits per heavy atom. The Hall–Kier alpha value is -0.520. The fourth-order valence-electron chi connectivity index (χ4n) is 3.01. The average molecular weight is 325 g/mol. The van der Waals surface area contributed by atoms with E-state index in [0.29, 0.717) is 11.8 Å². The van der Waals surface area contributed by atoms with Crippen molar-refractivity contribution in [1.29, 1.82) is 0 Å². The first-order valence-corrected chi connectivity index (χ1v) is 9.33. The number of hydrogen-bond donors (Lipinski definition) is 0. The summed E-state index contributed by atoms with van der Waals surface area (Å²) in [7, 11) is 0. The maximum absolute atomic E-state index is 2.32. The van der Waals surface area contributed by atoms with Gasteiger partial charge in [0.2, 0.25) is 0 Å². The van der Waals surface area contributed by atoms with Crippen LogP contribution in [0.5, 0.6) is 0 Å². The van der Waals surface area contributed by atoms with Crippen LogP contribution in [0, 0.1) is 35.5 Å². The van der Waals surface area contributed by atoms with Crippen molar-refractivity contribution in [2.45, 2.75) is 90.5 Å². The van der Waals surface area contributed by atoms with Gasteiger partial charge in [0.15, 0.2) is 0 Å². The molecule has 0 heterocycles. The molecule has 0 bridgehead atoms. The molecule has 0 radical (unpaired) electrons. The third kappa shape index (κ3) is 10.8. The molecule has 0 fully saturated rings. The molecular weight excluding hydrogens is 276 g/mol. The van der Waals surface area contributed by atoms with Gasteiger partial charge in [0.1, 0.15) is 0 Å². The highest BCUT2D eigenvalue weighted by atomic mass is 14.2. The molecule has 0 spiro atoms. The second kappa shape index (κ2) is 13.9. The molecule has 140 valence electrons. The lowest BCUT2D eigenvalue weighted by Gasteiger charge is -2.22. The minimum absolute atomic E-state index is 0. The second-order valence-electron chi connectivity index (χ2n) is 7.95. The zero-order valence-corrected chi connectivity index (χ0v) is 17.6. The summed E-state index contributed by atoms with van der Waals surface area (Å²) in [6.07, 6.45) is 4.55. The summed E-state index contributed by atoms with van der Waals surface area (Å²) in [6.45, 7) is 27.2. The van der Waals surface area contributed by atoms with Crippen molar-refractivity contribution in [3.8, 4) is 0 Å². The van der Waals surface area contributed by atoms with Crippen LogP contribution >= 0.6 is 0 Å². The first kappa shape index (κ1) is 27.3. The van der Waals surface area contributed by atoms with Crippen molar-refractivity contribution < 1.29 is 0 Å². The van der Waals surface area contributed by atoms with Gasteiger partial charge in [0.05, 0.1) is 0 Å². The first-order valence-electron chi connectivity index (χ1n) is 9.33. The molecule has 0 saturated carbocycles. The normalized spacial score (nSPS) is 15.5. The van der Waals surface area contributed by atoms with Gasteiger partial charge < -0.3 is 0 Å². The van der Waals surface area contributed by atoms with Crippen LogP contribution in [0.2, 0.25) is 0 Å². The van der Waals surface area contributed by atoms with E-state index in [0.717, 1.165) is 23.7 Å². The number of rotatable bonds is 6. The quantitative estimate of drug-likeness (QED) is 0.430. The van der Waals surface area contributed by atoms with Crippen molar-refractivity contribution in [2.75, 3.05) is 0 Å². The van der Waals surface area contributed by atoms with E-state index in [1.54, 1.807) is 11.1 Å². The topological polar surface area (TPSA) is 0 Å². The molecule has 0 aromatic heterocycles. The third-order valence-corrected chi connectivity index (χ3v) is 5.05. The average Bonchev–Trinajstić information content (AvgIpc) is 2.39. The van der Waals surface area contributed by atoms with Crippen LogP contribution in [-0.2, 0) is 0 Å². The van der Waals surface area contributed by atoms with Gasteiger partial charge in [0, 0.05) is 0 Å². The highest BCUT2D eigenvalue weighted by Crippen LogP contribution is 2.26. The van der Waals surface area contributed by atoms with Crippen LogP contribution in [0.3, 0.4) is 0 Å². The lowest BCUT2D eigenvalue weighted by Crippen LogP contribution is -2.11. The summed E-state index contributed by atoms with van der Waals surface area (Å²) in [5, 5.41) is 0. The molecule has 0 aliphatic rings. The summed E-state index contributed by atoms with van der Waals surface area (Å²) >= 11 is 0. The number of allylic oxidation sites excluding steroid dienone is 4. The summed E-state index contributed by atoms with van der Waals surface area (Å²) in [5.74, 6) is 4.42. The van der Waals surface area contributed by atoms with Crippen LogP contribution in [0.1, 0.15) is 90.5 Å². The van der Waals surface area contributed by atoms with Crippen LogP contribution in [0.15, 0.2) is 23.3 Å². The standard InChI is InChI=1S/2C11H22.CH4/c2*1-7-11(9(4)5)10(6)8(2)3;/h2*7-10H,1-6H3;1H4/b2*11-7-;/t2*10-;/m10./s1. The molecule has 23 heavy (non-hydrogen) atoms. The van der Waals surface area contributed by atoms with Crippen molar-refractivity contribution in [1.82, 2.24) is 0 Å². The Morgan fingerprint density at radius 3 is 0.783 bits per heavy atom. The van der Waals surface area contributed by atoms with Gasteiger partial charge in [0.25, 0.3) is 0 Å². The molecule has 0 aliphatic heterocycles. The van der Waals surface area contributed by atoms with Crippen molar-refractivity contribution in [2.24, 2.45) is 35.5 Å². The van der Waals surface area contributed by atoms with Gasteiger partial charge in [-0.05, 0) is 49.4 Å². The maximum Gasteiger partial charge on any atom is -0.0206 e. The van der Waals surface area contributed by atoms with E-state index >= 15 is 0 Å². The van der Waals surface area contributed by atoms with Gasteiger partial charge in [-0.1, -0.05) is 100.0 Å². The second-order valence-corrected chi connectivity index (χ2v) is 7.95. The summed E-state index contributed by atoms with van der Waals surface area (Å²) in [6, 6.07) is 0. The monoisotopic (exact) mass is 324 g/mol. The maximum atomic E-state index is 2.32. The molecule has 0 unspecified atom stereocenters. The van der Waals surface area contributed by atoms with E-state index in [1.807, 2.05) is 0 Å². The van der Waals surface area contributed by atoms with Crippen molar-refractivity contribution in [3.63, 3.8) is 0 Å². The summed E-state index contributed by atoms with van der Waals surface area (Å²) in [5.41, 5.74) is 3.19. The molecular formula is C23H48. The fraction of sp³-hybridized carbons (Fsp3) is 0.826. The van der Waals surface area contributed by atoms with E-state index in [2.05, 4.69) is 95.2 Å². The minimum Gasteiger partial charge on any atom is -0.0879 e. The molecule has 0 amide bonds. The third-order valence-electron chi connectivity index (χ3n) is 5.05. The van der Waals surface area contributed by atoms with Gasteiger partial charge >= 0.3 is 0 Å². The largest absolute Gasteiger partial charge is 0.0879 e. The van der Waals surface area contributed by atoms with Gasteiger partial charge in [-0.25, -0.2) is 0 Å². The van der Waals surface area contributed by atoms with Crippen LogP contribution in [0.4, 0.5) is 0 Å². The zero-order chi connectivity index (χ0) is 18.0. The minimum atomic E-state index is 0. The molecule has 0 aromatic rings. The van der Waals surface area contributed by atoms with Crippen LogP contribution < -0.4 is 0 Å². The van der Waals surface area contributed by atoms with Gasteiger partial charge in [-0.2, -0.15) is 0 Å². The summed E-state index contributed by atoms with van der Waals surface area (Å²) in [4.78, 5) is 0. The first-order chi connectivity index (χ1) is 10.0. The SMILES string of the molecule is C.C/C=C(/C(C)C)[C@@H](C)C(C)C.C/C=C(/C(C)C)[C@H](C)C(C)C. The van der Waals surface area contributed by atoms with E-state index in [9.17, 15) is 0 Å². The van der Waals surface area contributed by atoms with Crippen molar-refractivity contribution in [3.05, 3.63) is 23.3 Å². The molecule has 0 nitrogen and oxygen atoms in total. The van der Waals surface area contributed by atoms with E-state index in [-0.39, 0.29) is 7.43 Å². The van der Waals surface area contributed by atoms with Crippen molar-refractivity contribution >= 4 is 0 Å². The Labute approximate surface area is 149 Å². The molecule has 0 saturated heterocycles. The molecule has 0 aliphatic carbocycles. The Kier molecular flexibility index (Phi) is 16.5. The predicted octanol–water partition coefficient (Wildman–Crippen LogP) is 8.40. The molecule has 0 heteroatoms. The lowest BCUT2D eigenvalue weighted by molar-refractivity contribution is 0.443. The highest BCUT2D eigenvalue weighted by Gasteiger charge is 2.15. The number of hydrogen-bond acceptors (Lipinski definition) is 0. The molecule has 0 rings (SSSR count). The fourth-order valence-corrected chi connectivity index (χ4v) is 3.01.